The summed E-state index contributed by atoms with van der Waals surface area (Å²) in [5.41, 5.74) is -0.246. The first-order valence-corrected chi connectivity index (χ1v) is 9.55. The highest BCUT2D eigenvalue weighted by Gasteiger charge is 2.78. The lowest BCUT2D eigenvalue weighted by molar-refractivity contribution is -0.199. The highest BCUT2D eigenvalue weighted by molar-refractivity contribution is 5.82. The van der Waals surface area contributed by atoms with Gasteiger partial charge in [-0.3, -0.25) is 4.79 Å². The van der Waals surface area contributed by atoms with Gasteiger partial charge in [-0.1, -0.05) is 13.5 Å². The third-order valence-electron chi connectivity index (χ3n) is 7.86. The van der Waals surface area contributed by atoms with Gasteiger partial charge in [0.1, 0.15) is 5.60 Å². The van der Waals surface area contributed by atoms with Gasteiger partial charge >= 0.3 is 11.9 Å². The van der Waals surface area contributed by atoms with Gasteiger partial charge in [-0.15, -0.1) is 0 Å². The zero-order valence-corrected chi connectivity index (χ0v) is 14.8. The fourth-order valence-corrected chi connectivity index (χ4v) is 7.31. The molecule has 0 aromatic heterocycles. The van der Waals surface area contributed by atoms with Crippen LogP contribution in [-0.4, -0.2) is 24.1 Å². The fraction of sp³-hybridized carbons (Fsp3) is 0.800. The number of ether oxygens (including phenoxy) is 2. The molecule has 0 amide bonds. The normalized spacial score (nSPS) is 47.5. The minimum Gasteiger partial charge on any atom is -0.466 e. The lowest BCUT2D eigenvalue weighted by Crippen LogP contribution is -2.58. The molecule has 4 aliphatic rings. The smallest absolute Gasteiger partial charge is 0.330 e. The molecular formula is C20H28O4. The molecule has 0 aromatic rings. The molecule has 0 aromatic carbocycles. The Morgan fingerprint density at radius 3 is 2.75 bits per heavy atom. The summed E-state index contributed by atoms with van der Waals surface area (Å²) >= 11 is 0. The van der Waals surface area contributed by atoms with E-state index in [-0.39, 0.29) is 28.9 Å². The Bertz CT molecular complexity index is 584. The van der Waals surface area contributed by atoms with Gasteiger partial charge in [0.15, 0.2) is 0 Å². The van der Waals surface area contributed by atoms with Crippen molar-refractivity contribution < 1.29 is 19.1 Å². The highest BCUT2D eigenvalue weighted by Crippen LogP contribution is 2.77. The van der Waals surface area contributed by atoms with E-state index in [0.717, 1.165) is 32.1 Å². The molecule has 0 heterocycles. The lowest BCUT2D eigenvalue weighted by Gasteiger charge is -2.53. The van der Waals surface area contributed by atoms with E-state index in [9.17, 15) is 9.59 Å². The van der Waals surface area contributed by atoms with Crippen molar-refractivity contribution in [2.24, 2.45) is 35.0 Å². The van der Waals surface area contributed by atoms with Crippen molar-refractivity contribution in [3.63, 3.8) is 0 Å². The third kappa shape index (κ3) is 1.75. The molecule has 0 saturated heterocycles. The average Bonchev–Trinajstić information content (AvgIpc) is 3.31. The summed E-state index contributed by atoms with van der Waals surface area (Å²) in [7, 11) is 0. The molecule has 4 heteroatoms. The molecule has 0 spiro atoms. The van der Waals surface area contributed by atoms with Gasteiger partial charge in [-0.25, -0.2) is 4.79 Å². The van der Waals surface area contributed by atoms with Crippen LogP contribution in [0.25, 0.3) is 0 Å². The van der Waals surface area contributed by atoms with Crippen LogP contribution in [0.1, 0.15) is 52.4 Å². The molecule has 132 valence electrons. The van der Waals surface area contributed by atoms with Gasteiger partial charge in [0.25, 0.3) is 0 Å². The SMILES string of the molecule is C=CC(=O)OC12C3CC(C(=O)OCC)C(C3)C1C1CCC2(CC)C1. The van der Waals surface area contributed by atoms with Gasteiger partial charge in [0.05, 0.1) is 12.5 Å². The molecule has 4 bridgehead atoms. The highest BCUT2D eigenvalue weighted by atomic mass is 16.6. The molecule has 4 saturated carbocycles. The first kappa shape index (κ1) is 16.2. The number of carbonyl (C=O) groups is 2. The molecule has 7 atom stereocenters. The van der Waals surface area contributed by atoms with Gasteiger partial charge in [0.2, 0.25) is 0 Å². The second kappa shape index (κ2) is 5.34. The van der Waals surface area contributed by atoms with Crippen LogP contribution in [0.2, 0.25) is 0 Å². The Morgan fingerprint density at radius 2 is 2.08 bits per heavy atom. The monoisotopic (exact) mass is 332 g/mol. The van der Waals surface area contributed by atoms with Crippen molar-refractivity contribution in [2.45, 2.75) is 58.0 Å². The summed E-state index contributed by atoms with van der Waals surface area (Å²) in [6.07, 6.45) is 7.71. The number of carbonyl (C=O) groups excluding carboxylic acids is 2. The minimum atomic E-state index is -0.358. The van der Waals surface area contributed by atoms with Gasteiger partial charge in [-0.2, -0.15) is 0 Å². The summed E-state index contributed by atoms with van der Waals surface area (Å²) in [6, 6.07) is 0. The van der Waals surface area contributed by atoms with Crippen LogP contribution < -0.4 is 0 Å². The Kier molecular flexibility index (Phi) is 3.59. The first-order valence-electron chi connectivity index (χ1n) is 9.55. The average molecular weight is 332 g/mol. The quantitative estimate of drug-likeness (QED) is 0.439. The van der Waals surface area contributed by atoms with E-state index < -0.39 is 0 Å². The molecular weight excluding hydrogens is 304 g/mol. The van der Waals surface area contributed by atoms with Gasteiger partial charge in [-0.05, 0) is 57.3 Å². The maximum Gasteiger partial charge on any atom is 0.330 e. The summed E-state index contributed by atoms with van der Waals surface area (Å²) < 4.78 is 11.5. The summed E-state index contributed by atoms with van der Waals surface area (Å²) in [5.74, 6) is 1.23. The van der Waals surface area contributed by atoms with Crippen molar-refractivity contribution in [3.8, 4) is 0 Å². The van der Waals surface area contributed by atoms with Crippen LogP contribution in [0.4, 0.5) is 0 Å². The number of hydrogen-bond acceptors (Lipinski definition) is 4. The maximum atomic E-state index is 12.4. The van der Waals surface area contributed by atoms with Crippen LogP contribution in [0, 0.1) is 35.0 Å². The summed E-state index contributed by atoms with van der Waals surface area (Å²) in [4.78, 5) is 24.6. The van der Waals surface area contributed by atoms with Crippen LogP contribution >= 0.6 is 0 Å². The van der Waals surface area contributed by atoms with Gasteiger partial charge in [0, 0.05) is 23.3 Å². The van der Waals surface area contributed by atoms with Crippen LogP contribution in [-0.2, 0) is 19.1 Å². The predicted molar refractivity (Wildman–Crippen MR) is 88.9 cm³/mol. The molecule has 0 N–H and O–H groups in total. The van der Waals surface area contributed by atoms with Crippen LogP contribution in [0.15, 0.2) is 12.7 Å². The maximum absolute atomic E-state index is 12.4. The van der Waals surface area contributed by atoms with E-state index in [1.165, 1.54) is 12.5 Å². The number of hydrogen-bond donors (Lipinski definition) is 0. The Balaban J connectivity index is 1.72. The van der Waals surface area contributed by atoms with E-state index in [2.05, 4.69) is 13.5 Å². The molecule has 7 unspecified atom stereocenters. The standard InChI is InChI=1S/C20H28O4/c1-4-16(21)24-20-13-9-14(15(10-13)18(22)23-6-3)17(20)12-7-8-19(20,5-2)11-12/h4,12-15,17H,1,5-11H2,2-3H3. The molecule has 24 heavy (non-hydrogen) atoms. The van der Waals surface area contributed by atoms with E-state index in [1.54, 1.807) is 0 Å². The largest absolute Gasteiger partial charge is 0.466 e. The van der Waals surface area contributed by atoms with Crippen molar-refractivity contribution in [2.75, 3.05) is 6.61 Å². The molecule has 4 nitrogen and oxygen atoms in total. The second-order valence-corrected chi connectivity index (χ2v) is 8.27. The topological polar surface area (TPSA) is 52.6 Å². The van der Waals surface area contributed by atoms with Crippen molar-refractivity contribution >= 4 is 11.9 Å². The Hall–Kier alpha value is -1.32. The van der Waals surface area contributed by atoms with Crippen LogP contribution in [0.5, 0.6) is 0 Å². The van der Waals surface area contributed by atoms with Crippen molar-refractivity contribution in [1.82, 2.24) is 0 Å². The zero-order valence-electron chi connectivity index (χ0n) is 14.8. The number of rotatable bonds is 5. The van der Waals surface area contributed by atoms with E-state index >= 15 is 0 Å². The summed E-state index contributed by atoms with van der Waals surface area (Å²) in [5, 5.41) is 0. The number of esters is 2. The zero-order chi connectivity index (χ0) is 17.1. The van der Waals surface area contributed by atoms with Gasteiger partial charge < -0.3 is 9.47 Å². The van der Waals surface area contributed by atoms with E-state index in [0.29, 0.717) is 30.3 Å². The second-order valence-electron chi connectivity index (χ2n) is 8.27. The molecule has 4 rings (SSSR count). The molecule has 4 aliphatic carbocycles. The van der Waals surface area contributed by atoms with Crippen molar-refractivity contribution in [1.29, 1.82) is 0 Å². The van der Waals surface area contributed by atoms with Crippen molar-refractivity contribution in [3.05, 3.63) is 12.7 Å². The first-order chi connectivity index (χ1) is 11.5. The fourth-order valence-electron chi connectivity index (χ4n) is 7.31. The third-order valence-corrected chi connectivity index (χ3v) is 7.86. The minimum absolute atomic E-state index is 0.00349. The Labute approximate surface area is 144 Å². The Morgan fingerprint density at radius 1 is 1.29 bits per heavy atom. The lowest BCUT2D eigenvalue weighted by atomic mass is 9.58. The molecule has 0 aliphatic heterocycles. The van der Waals surface area contributed by atoms with E-state index in [1.807, 2.05) is 6.92 Å². The molecule has 4 fully saturated rings. The summed E-state index contributed by atoms with van der Waals surface area (Å²) in [6.45, 7) is 8.15. The van der Waals surface area contributed by atoms with E-state index in [4.69, 9.17) is 9.47 Å². The number of fused-ring (bicyclic) bond motifs is 9. The van der Waals surface area contributed by atoms with Crippen LogP contribution in [0.3, 0.4) is 0 Å². The molecule has 0 radical (unpaired) electrons. The predicted octanol–water partition coefficient (Wildman–Crippen LogP) is 3.50.